The maximum atomic E-state index is 12.2. The lowest BCUT2D eigenvalue weighted by Crippen LogP contribution is -2.49. The van der Waals surface area contributed by atoms with E-state index in [4.69, 9.17) is 4.74 Å². The number of piperazine rings is 1. The molecule has 0 aromatic carbocycles. The topological polar surface area (TPSA) is 58.6 Å². The van der Waals surface area contributed by atoms with Crippen molar-refractivity contribution < 1.29 is 9.53 Å². The first-order valence-electron chi connectivity index (χ1n) is 7.67. The zero-order valence-corrected chi connectivity index (χ0v) is 12.7. The maximum absolute atomic E-state index is 12.2. The summed E-state index contributed by atoms with van der Waals surface area (Å²) >= 11 is 0. The Kier molecular flexibility index (Phi) is 3.94. The molecular weight excluding hydrogens is 268 g/mol. The van der Waals surface area contributed by atoms with Crippen LogP contribution in [0.2, 0.25) is 0 Å². The van der Waals surface area contributed by atoms with Gasteiger partial charge in [-0.05, 0) is 19.3 Å². The van der Waals surface area contributed by atoms with Crippen molar-refractivity contribution in [2.24, 2.45) is 11.8 Å². The molecule has 0 N–H and O–H groups in total. The number of aromatic nitrogens is 2. The molecule has 2 fully saturated rings. The highest BCUT2D eigenvalue weighted by Crippen LogP contribution is 2.39. The van der Waals surface area contributed by atoms with Crippen molar-refractivity contribution in [3.8, 4) is 5.88 Å². The maximum Gasteiger partial charge on any atom is 0.234 e. The summed E-state index contributed by atoms with van der Waals surface area (Å²) in [5.74, 6) is 2.56. The Balaban J connectivity index is 1.58. The molecule has 1 aliphatic heterocycles. The van der Waals surface area contributed by atoms with Gasteiger partial charge in [0.25, 0.3) is 0 Å². The van der Waals surface area contributed by atoms with Crippen molar-refractivity contribution in [3.63, 3.8) is 0 Å². The minimum Gasteiger partial charge on any atom is -0.477 e. The van der Waals surface area contributed by atoms with Gasteiger partial charge in [0.1, 0.15) is 0 Å². The molecule has 1 saturated carbocycles. The van der Waals surface area contributed by atoms with Crippen LogP contribution in [0.25, 0.3) is 0 Å². The third kappa shape index (κ3) is 3.09. The predicted molar refractivity (Wildman–Crippen MR) is 79.3 cm³/mol. The van der Waals surface area contributed by atoms with Gasteiger partial charge in [-0.25, -0.2) is 0 Å². The zero-order chi connectivity index (χ0) is 14.8. The van der Waals surface area contributed by atoms with Gasteiger partial charge in [-0.1, -0.05) is 6.92 Å². The highest BCUT2D eigenvalue weighted by molar-refractivity contribution is 5.81. The Morgan fingerprint density at radius 2 is 2.05 bits per heavy atom. The molecule has 114 valence electrons. The first-order chi connectivity index (χ1) is 10.2. The third-order valence-corrected chi connectivity index (χ3v) is 4.23. The molecule has 6 nitrogen and oxygen atoms in total. The van der Waals surface area contributed by atoms with E-state index in [-0.39, 0.29) is 5.92 Å². The summed E-state index contributed by atoms with van der Waals surface area (Å²) in [4.78, 5) is 25.0. The highest BCUT2D eigenvalue weighted by Gasteiger charge is 2.42. The summed E-state index contributed by atoms with van der Waals surface area (Å²) in [5, 5.41) is 0. The second-order valence-electron chi connectivity index (χ2n) is 5.78. The number of carbonyl (C=O) groups is 1. The van der Waals surface area contributed by atoms with Gasteiger partial charge in [0, 0.05) is 32.1 Å². The molecule has 1 aromatic rings. The summed E-state index contributed by atoms with van der Waals surface area (Å²) in [6.45, 7) is 7.80. The van der Waals surface area contributed by atoms with E-state index < -0.39 is 0 Å². The first kappa shape index (κ1) is 14.1. The Bertz CT molecular complexity index is 514. The van der Waals surface area contributed by atoms with Crippen molar-refractivity contribution in [2.45, 2.75) is 20.3 Å². The fourth-order valence-corrected chi connectivity index (χ4v) is 2.76. The smallest absolute Gasteiger partial charge is 0.234 e. The van der Waals surface area contributed by atoms with Crippen LogP contribution in [-0.2, 0) is 4.79 Å². The lowest BCUT2D eigenvalue weighted by molar-refractivity contribution is -0.133. The van der Waals surface area contributed by atoms with Gasteiger partial charge in [-0.2, -0.15) is 4.98 Å². The lowest BCUT2D eigenvalue weighted by atomic mass is 10.2. The molecule has 1 aromatic heterocycles. The molecular formula is C15H22N4O2. The average Bonchev–Trinajstić information content (AvgIpc) is 3.24. The van der Waals surface area contributed by atoms with Crippen LogP contribution in [0.1, 0.15) is 20.3 Å². The minimum atomic E-state index is 0.276. The molecule has 1 aliphatic carbocycles. The average molecular weight is 290 g/mol. The number of amides is 1. The van der Waals surface area contributed by atoms with Crippen LogP contribution in [0, 0.1) is 11.8 Å². The van der Waals surface area contributed by atoms with Crippen LogP contribution in [0.5, 0.6) is 5.88 Å². The Hall–Kier alpha value is -1.85. The van der Waals surface area contributed by atoms with Gasteiger partial charge in [0.15, 0.2) is 5.82 Å². The molecule has 0 bridgehead atoms. The van der Waals surface area contributed by atoms with Gasteiger partial charge >= 0.3 is 0 Å². The fraction of sp³-hybridized carbons (Fsp3) is 0.667. The molecule has 3 rings (SSSR count). The van der Waals surface area contributed by atoms with E-state index in [9.17, 15) is 4.79 Å². The fourth-order valence-electron chi connectivity index (χ4n) is 2.76. The largest absolute Gasteiger partial charge is 0.477 e. The van der Waals surface area contributed by atoms with Crippen LogP contribution >= 0.6 is 0 Å². The van der Waals surface area contributed by atoms with Gasteiger partial charge in [-0.3, -0.25) is 9.78 Å². The van der Waals surface area contributed by atoms with E-state index in [2.05, 4.69) is 21.8 Å². The minimum absolute atomic E-state index is 0.276. The Morgan fingerprint density at radius 3 is 2.67 bits per heavy atom. The van der Waals surface area contributed by atoms with Crippen molar-refractivity contribution in [2.75, 3.05) is 37.7 Å². The normalized spacial score (nSPS) is 24.9. The number of hydrogen-bond donors (Lipinski definition) is 0. The molecule has 21 heavy (non-hydrogen) atoms. The van der Waals surface area contributed by atoms with Crippen LogP contribution < -0.4 is 9.64 Å². The van der Waals surface area contributed by atoms with E-state index >= 15 is 0 Å². The first-order valence-corrected chi connectivity index (χ1v) is 7.67. The quantitative estimate of drug-likeness (QED) is 0.833. The van der Waals surface area contributed by atoms with Crippen LogP contribution in [0.3, 0.4) is 0 Å². The van der Waals surface area contributed by atoms with Gasteiger partial charge in [0.05, 0.1) is 19.0 Å². The molecule has 6 heteroatoms. The van der Waals surface area contributed by atoms with Gasteiger partial charge in [-0.15, -0.1) is 0 Å². The second kappa shape index (κ2) is 5.87. The molecule has 2 heterocycles. The monoisotopic (exact) mass is 290 g/mol. The molecule has 1 saturated heterocycles. The Morgan fingerprint density at radius 1 is 1.33 bits per heavy atom. The number of rotatable bonds is 4. The van der Waals surface area contributed by atoms with E-state index in [1.807, 2.05) is 11.8 Å². The molecule has 2 aliphatic rings. The van der Waals surface area contributed by atoms with Crippen molar-refractivity contribution >= 4 is 11.7 Å². The lowest BCUT2D eigenvalue weighted by Gasteiger charge is -2.35. The van der Waals surface area contributed by atoms with Crippen LogP contribution in [-0.4, -0.2) is 53.6 Å². The molecule has 1 amide bonds. The van der Waals surface area contributed by atoms with E-state index in [1.165, 1.54) is 0 Å². The van der Waals surface area contributed by atoms with Gasteiger partial charge < -0.3 is 14.5 Å². The molecule has 0 spiro atoms. The number of nitrogens with zero attached hydrogens (tertiary/aromatic N) is 4. The van der Waals surface area contributed by atoms with Crippen molar-refractivity contribution in [1.82, 2.24) is 14.9 Å². The zero-order valence-electron chi connectivity index (χ0n) is 12.7. The summed E-state index contributed by atoms with van der Waals surface area (Å²) in [5.41, 5.74) is 0. The third-order valence-electron chi connectivity index (χ3n) is 4.23. The highest BCUT2D eigenvalue weighted by atomic mass is 16.5. The van der Waals surface area contributed by atoms with Crippen LogP contribution in [0.4, 0.5) is 5.82 Å². The number of ether oxygens (including phenoxy) is 1. The molecule has 0 radical (unpaired) electrons. The SMILES string of the molecule is CCOc1cncc(N2CCN(C(=O)[C@@H]3C[C@H]3C)CC2)n1. The summed E-state index contributed by atoms with van der Waals surface area (Å²) in [7, 11) is 0. The molecule has 2 atom stereocenters. The predicted octanol–water partition coefficient (Wildman–Crippen LogP) is 1.18. The van der Waals surface area contributed by atoms with E-state index in [1.54, 1.807) is 12.4 Å². The standard InChI is InChI=1S/C15H22N4O2/c1-3-21-14-10-16-9-13(17-14)18-4-6-19(7-5-18)15(20)12-8-11(12)2/h9-12H,3-8H2,1-2H3/t11-,12-/m1/s1. The molecule has 0 unspecified atom stereocenters. The van der Waals surface area contributed by atoms with Crippen LogP contribution in [0.15, 0.2) is 12.4 Å². The van der Waals surface area contributed by atoms with Gasteiger partial charge in [0.2, 0.25) is 11.8 Å². The van der Waals surface area contributed by atoms with E-state index in [0.29, 0.717) is 24.3 Å². The number of anilines is 1. The number of hydrogen-bond acceptors (Lipinski definition) is 5. The summed E-state index contributed by atoms with van der Waals surface area (Å²) < 4.78 is 5.38. The summed E-state index contributed by atoms with van der Waals surface area (Å²) in [6.07, 6.45) is 4.44. The van der Waals surface area contributed by atoms with Crippen molar-refractivity contribution in [1.29, 1.82) is 0 Å². The Labute approximate surface area is 125 Å². The number of carbonyl (C=O) groups excluding carboxylic acids is 1. The van der Waals surface area contributed by atoms with E-state index in [0.717, 1.165) is 38.4 Å². The second-order valence-corrected chi connectivity index (χ2v) is 5.78. The summed E-state index contributed by atoms with van der Waals surface area (Å²) in [6, 6.07) is 0. The van der Waals surface area contributed by atoms with Crippen molar-refractivity contribution in [3.05, 3.63) is 12.4 Å².